The number of fused-ring (bicyclic) bond motifs is 1. The lowest BCUT2D eigenvalue weighted by Gasteiger charge is -2.41. The van der Waals surface area contributed by atoms with Crippen molar-refractivity contribution in [2.45, 2.75) is 12.3 Å². The van der Waals surface area contributed by atoms with Crippen LogP contribution < -0.4 is 19.3 Å². The maximum Gasteiger partial charge on any atom is 0.196 e. The quantitative estimate of drug-likeness (QED) is 0.189. The molecule has 52 heavy (non-hydrogen) atoms. The average molecular weight is 735 g/mol. The van der Waals surface area contributed by atoms with Crippen molar-refractivity contribution in [2.75, 3.05) is 89.7 Å². The average Bonchev–Trinajstić information content (AvgIpc) is 3.65. The van der Waals surface area contributed by atoms with Crippen molar-refractivity contribution in [1.29, 1.82) is 0 Å². The van der Waals surface area contributed by atoms with Gasteiger partial charge in [0.25, 0.3) is 0 Å². The number of piperazine rings is 2. The molecule has 4 aromatic carbocycles. The highest BCUT2D eigenvalue weighted by molar-refractivity contribution is 7.80. The Balaban J connectivity index is 1.02. The van der Waals surface area contributed by atoms with Crippen LogP contribution in [0.25, 0.3) is 0 Å². The molecule has 4 aliphatic heterocycles. The van der Waals surface area contributed by atoms with Crippen LogP contribution in [0.5, 0.6) is 11.5 Å². The SMILES string of the molecule is COc1ccc(N2CCN(CN3C(=S)N4[C@@H](c5ccccc5)N(CN5CCN(c6ccc(OC)cc6)CC5)C(=S)N4[C@H]3c3ccccc3)CC2)cc1. The minimum atomic E-state index is -0.149. The van der Waals surface area contributed by atoms with Gasteiger partial charge in [-0.25, -0.2) is 10.0 Å². The molecule has 0 saturated carbocycles. The fraction of sp³-hybridized carbons (Fsp3) is 0.350. The predicted molar refractivity (Wildman–Crippen MR) is 214 cm³/mol. The van der Waals surface area contributed by atoms with Gasteiger partial charge in [-0.1, -0.05) is 60.7 Å². The largest absolute Gasteiger partial charge is 0.497 e. The van der Waals surface area contributed by atoms with Gasteiger partial charge in [0, 0.05) is 63.7 Å². The van der Waals surface area contributed by atoms with E-state index in [1.807, 2.05) is 24.3 Å². The Morgan fingerprint density at radius 1 is 0.481 bits per heavy atom. The van der Waals surface area contributed by atoms with Gasteiger partial charge in [0.15, 0.2) is 22.6 Å². The first-order valence-electron chi connectivity index (χ1n) is 18.0. The summed E-state index contributed by atoms with van der Waals surface area (Å²) in [7, 11) is 3.42. The first-order valence-corrected chi connectivity index (χ1v) is 18.9. The third-order valence-corrected chi connectivity index (χ3v) is 11.5. The molecular formula is C40H46N8O2S2. The standard InChI is InChI=1S/C40H46N8O2S2/c1-49-35-17-13-33(14-18-35)43-25-21-41(22-26-43)29-45-37(31-9-5-3-6-10-31)47-40(52)46(38(48(47)39(45)51)32-11-7-4-8-12-32)30-42-23-27-44(28-24-42)34-15-19-36(50-2)20-16-34/h3-20,37-38H,21-30H2,1-2H3/t37-,38-/m0/s1. The molecule has 0 N–H and O–H groups in total. The maximum atomic E-state index is 6.47. The van der Waals surface area contributed by atoms with Gasteiger partial charge in [-0.05, 0) is 84.1 Å². The van der Waals surface area contributed by atoms with Crippen molar-refractivity contribution in [3.8, 4) is 11.5 Å². The van der Waals surface area contributed by atoms with Crippen molar-refractivity contribution in [3.05, 3.63) is 120 Å². The second kappa shape index (κ2) is 15.2. The molecule has 8 rings (SSSR count). The molecule has 2 atom stereocenters. The molecule has 0 radical (unpaired) electrons. The van der Waals surface area contributed by atoms with Crippen molar-refractivity contribution in [3.63, 3.8) is 0 Å². The Hall–Kier alpha value is -4.62. The summed E-state index contributed by atoms with van der Waals surface area (Å²) in [6.45, 7) is 8.98. The number of hydrogen-bond donors (Lipinski definition) is 0. The normalized spacial score (nSPS) is 21.3. The summed E-state index contributed by atoms with van der Waals surface area (Å²) in [5.74, 6) is 1.76. The number of hydrogen-bond acceptors (Lipinski definition) is 8. The second-order valence-corrected chi connectivity index (χ2v) is 14.4. The maximum absolute atomic E-state index is 6.47. The zero-order valence-electron chi connectivity index (χ0n) is 29.8. The molecule has 0 amide bonds. The first kappa shape index (κ1) is 34.5. The molecule has 0 spiro atoms. The summed E-state index contributed by atoms with van der Waals surface area (Å²) < 4.78 is 10.8. The molecule has 10 nitrogen and oxygen atoms in total. The van der Waals surface area contributed by atoms with Gasteiger partial charge in [0.2, 0.25) is 0 Å². The third kappa shape index (κ3) is 6.71. The molecule has 270 valence electrons. The molecule has 0 aliphatic carbocycles. The van der Waals surface area contributed by atoms with Crippen LogP contribution >= 0.6 is 24.4 Å². The lowest BCUT2D eigenvalue weighted by Crippen LogP contribution is -2.53. The summed E-state index contributed by atoms with van der Waals surface area (Å²) >= 11 is 12.9. The molecule has 4 fully saturated rings. The van der Waals surface area contributed by atoms with E-state index in [0.29, 0.717) is 0 Å². The molecule has 4 saturated heterocycles. The summed E-state index contributed by atoms with van der Waals surface area (Å²) in [6, 6.07) is 38.1. The topological polar surface area (TPSA) is 44.4 Å². The lowest BCUT2D eigenvalue weighted by atomic mass is 10.1. The number of anilines is 2. The number of ether oxygens (including phenoxy) is 2. The van der Waals surface area contributed by atoms with Crippen LogP contribution in [0.1, 0.15) is 23.5 Å². The number of nitrogens with zero attached hydrogens (tertiary/aromatic N) is 8. The van der Waals surface area contributed by atoms with E-state index in [1.165, 1.54) is 22.5 Å². The monoisotopic (exact) mass is 734 g/mol. The van der Waals surface area contributed by atoms with Crippen LogP contribution in [0.3, 0.4) is 0 Å². The molecule has 0 unspecified atom stereocenters. The molecule has 0 bridgehead atoms. The number of rotatable bonds is 10. The highest BCUT2D eigenvalue weighted by Crippen LogP contribution is 2.46. The van der Waals surface area contributed by atoms with Gasteiger partial charge in [0.05, 0.1) is 27.6 Å². The second-order valence-electron chi connectivity index (χ2n) is 13.7. The van der Waals surface area contributed by atoms with Crippen molar-refractivity contribution in [1.82, 2.24) is 29.6 Å². The predicted octanol–water partition coefficient (Wildman–Crippen LogP) is 5.68. The van der Waals surface area contributed by atoms with Crippen LogP contribution in [-0.4, -0.2) is 120 Å². The van der Waals surface area contributed by atoms with Crippen molar-refractivity contribution < 1.29 is 9.47 Å². The number of benzene rings is 4. The first-order chi connectivity index (χ1) is 25.5. The van der Waals surface area contributed by atoms with Crippen LogP contribution in [0.15, 0.2) is 109 Å². The Bertz CT molecular complexity index is 1680. The third-order valence-electron chi connectivity index (χ3n) is 10.7. The summed E-state index contributed by atoms with van der Waals surface area (Å²) in [4.78, 5) is 14.7. The van der Waals surface area contributed by atoms with Crippen LogP contribution in [0.4, 0.5) is 11.4 Å². The van der Waals surface area contributed by atoms with E-state index in [2.05, 4.69) is 124 Å². The van der Waals surface area contributed by atoms with E-state index in [0.717, 1.165) is 87.4 Å². The molecule has 4 aliphatic rings. The van der Waals surface area contributed by atoms with E-state index >= 15 is 0 Å². The fourth-order valence-electron chi connectivity index (χ4n) is 7.85. The van der Waals surface area contributed by atoms with Gasteiger partial charge in [0.1, 0.15) is 11.5 Å². The smallest absolute Gasteiger partial charge is 0.196 e. The highest BCUT2D eigenvalue weighted by atomic mass is 32.1. The molecule has 4 aromatic rings. The number of thiocarbonyl (C=S) groups is 2. The summed E-state index contributed by atoms with van der Waals surface area (Å²) in [6.07, 6.45) is -0.298. The molecular weight excluding hydrogens is 689 g/mol. The van der Waals surface area contributed by atoms with E-state index in [-0.39, 0.29) is 12.3 Å². The summed E-state index contributed by atoms with van der Waals surface area (Å²) in [5.41, 5.74) is 4.80. The molecule has 12 heteroatoms. The van der Waals surface area contributed by atoms with Gasteiger partial charge < -0.3 is 29.1 Å². The minimum Gasteiger partial charge on any atom is -0.497 e. The fourth-order valence-corrected chi connectivity index (χ4v) is 8.54. The summed E-state index contributed by atoms with van der Waals surface area (Å²) in [5, 5.41) is 6.17. The zero-order valence-corrected chi connectivity index (χ0v) is 31.5. The Kier molecular flexibility index (Phi) is 10.0. The Morgan fingerprint density at radius 3 is 1.15 bits per heavy atom. The van der Waals surface area contributed by atoms with Crippen molar-refractivity contribution >= 4 is 46.0 Å². The highest BCUT2D eigenvalue weighted by Gasteiger charge is 2.55. The number of methoxy groups -OCH3 is 2. The number of hydrazine groups is 1. The van der Waals surface area contributed by atoms with E-state index in [9.17, 15) is 0 Å². The van der Waals surface area contributed by atoms with E-state index < -0.39 is 0 Å². The van der Waals surface area contributed by atoms with E-state index in [4.69, 9.17) is 33.9 Å². The van der Waals surface area contributed by atoms with Crippen molar-refractivity contribution in [2.24, 2.45) is 0 Å². The van der Waals surface area contributed by atoms with E-state index in [1.54, 1.807) is 14.2 Å². The van der Waals surface area contributed by atoms with Gasteiger partial charge in [-0.2, -0.15) is 0 Å². The minimum absolute atomic E-state index is 0.149. The van der Waals surface area contributed by atoms with Crippen LogP contribution in [-0.2, 0) is 0 Å². The van der Waals surface area contributed by atoms with Crippen LogP contribution in [0.2, 0.25) is 0 Å². The Labute approximate surface area is 317 Å². The van der Waals surface area contributed by atoms with Gasteiger partial charge >= 0.3 is 0 Å². The Morgan fingerprint density at radius 2 is 0.827 bits per heavy atom. The molecule has 0 aromatic heterocycles. The van der Waals surface area contributed by atoms with Gasteiger partial charge in [-0.3, -0.25) is 9.80 Å². The molecule has 4 heterocycles. The zero-order chi connectivity index (χ0) is 35.6. The van der Waals surface area contributed by atoms with Gasteiger partial charge in [-0.15, -0.1) is 0 Å². The van der Waals surface area contributed by atoms with Crippen LogP contribution in [0, 0.1) is 0 Å². The lowest BCUT2D eigenvalue weighted by molar-refractivity contribution is 0.0521.